The highest BCUT2D eigenvalue weighted by molar-refractivity contribution is 14.1. The molecular formula is C8H12ClIO2. The number of esters is 1. The summed E-state index contributed by atoms with van der Waals surface area (Å²) >= 11 is 8.00. The Labute approximate surface area is 91.1 Å². The van der Waals surface area contributed by atoms with Gasteiger partial charge in [-0.25, -0.2) is 0 Å². The van der Waals surface area contributed by atoms with Gasteiger partial charge >= 0.3 is 5.97 Å². The second kappa shape index (κ2) is 3.70. The van der Waals surface area contributed by atoms with Gasteiger partial charge in [0.2, 0.25) is 0 Å². The SMILES string of the molecule is CC1(C)CCC(=O)OC1C(Cl)I. The quantitative estimate of drug-likeness (QED) is 0.423. The highest BCUT2D eigenvalue weighted by atomic mass is 127. The molecule has 0 bridgehead atoms. The van der Waals surface area contributed by atoms with Crippen molar-refractivity contribution in [2.24, 2.45) is 5.41 Å². The van der Waals surface area contributed by atoms with Gasteiger partial charge in [-0.3, -0.25) is 4.79 Å². The van der Waals surface area contributed by atoms with Gasteiger partial charge in [0.15, 0.2) is 0 Å². The predicted octanol–water partition coefficient (Wildman–Crippen LogP) is 2.72. The van der Waals surface area contributed by atoms with Gasteiger partial charge in [0.05, 0.1) is 0 Å². The standard InChI is InChI=1S/C8H12ClIO2/c1-8(2)4-3-5(11)12-6(8)7(9)10/h6-7H,3-4H2,1-2H3. The lowest BCUT2D eigenvalue weighted by Gasteiger charge is -2.38. The third-order valence-corrected chi connectivity index (χ3v) is 3.11. The molecule has 2 atom stereocenters. The summed E-state index contributed by atoms with van der Waals surface area (Å²) in [5.41, 5.74) is 0.0154. The van der Waals surface area contributed by atoms with Crippen LogP contribution in [0, 0.1) is 5.41 Å². The molecule has 0 N–H and O–H groups in total. The van der Waals surface area contributed by atoms with Gasteiger partial charge < -0.3 is 4.74 Å². The molecule has 0 aromatic rings. The van der Waals surface area contributed by atoms with Crippen molar-refractivity contribution >= 4 is 40.2 Å². The summed E-state index contributed by atoms with van der Waals surface area (Å²) in [5, 5.41) is 0. The Morgan fingerprint density at radius 3 is 2.75 bits per heavy atom. The zero-order valence-electron chi connectivity index (χ0n) is 7.14. The van der Waals surface area contributed by atoms with Crippen molar-refractivity contribution in [1.82, 2.24) is 0 Å². The van der Waals surface area contributed by atoms with E-state index >= 15 is 0 Å². The van der Waals surface area contributed by atoms with Crippen molar-refractivity contribution < 1.29 is 9.53 Å². The fourth-order valence-electron chi connectivity index (χ4n) is 1.32. The smallest absolute Gasteiger partial charge is 0.306 e. The molecule has 0 amide bonds. The summed E-state index contributed by atoms with van der Waals surface area (Å²) in [5.74, 6) is -0.123. The van der Waals surface area contributed by atoms with E-state index in [2.05, 4.69) is 36.4 Å². The van der Waals surface area contributed by atoms with Crippen LogP contribution in [-0.4, -0.2) is 15.5 Å². The first kappa shape index (κ1) is 10.6. The van der Waals surface area contributed by atoms with E-state index < -0.39 is 0 Å². The maximum absolute atomic E-state index is 11.0. The van der Waals surface area contributed by atoms with Gasteiger partial charge in [0.25, 0.3) is 0 Å². The summed E-state index contributed by atoms with van der Waals surface area (Å²) in [7, 11) is 0. The molecule has 4 heteroatoms. The number of alkyl halides is 2. The fourth-order valence-corrected chi connectivity index (χ4v) is 2.83. The van der Waals surface area contributed by atoms with Crippen LogP contribution >= 0.6 is 34.2 Å². The van der Waals surface area contributed by atoms with Crippen LogP contribution in [-0.2, 0) is 9.53 Å². The largest absolute Gasteiger partial charge is 0.459 e. The molecule has 0 aromatic heterocycles. The molecule has 0 spiro atoms. The van der Waals surface area contributed by atoms with Gasteiger partial charge in [-0.05, 0) is 6.42 Å². The maximum Gasteiger partial charge on any atom is 0.306 e. The average molecular weight is 303 g/mol. The van der Waals surface area contributed by atoms with Gasteiger partial charge in [-0.15, -0.1) is 11.6 Å². The molecule has 1 saturated heterocycles. The first-order valence-electron chi connectivity index (χ1n) is 3.91. The normalized spacial score (nSPS) is 31.0. The van der Waals surface area contributed by atoms with E-state index in [0.717, 1.165) is 6.42 Å². The van der Waals surface area contributed by atoms with Crippen molar-refractivity contribution in [3.63, 3.8) is 0 Å². The van der Waals surface area contributed by atoms with Gasteiger partial charge in [0, 0.05) is 11.8 Å². The molecule has 0 aromatic carbocycles. The molecule has 0 saturated carbocycles. The molecule has 1 aliphatic heterocycles. The highest BCUT2D eigenvalue weighted by Gasteiger charge is 2.40. The second-order valence-corrected chi connectivity index (χ2v) is 6.28. The first-order valence-corrected chi connectivity index (χ1v) is 5.59. The predicted molar refractivity (Wildman–Crippen MR) is 56.6 cm³/mol. The van der Waals surface area contributed by atoms with Crippen LogP contribution in [0.2, 0.25) is 0 Å². The Bertz CT molecular complexity index is 191. The molecule has 2 nitrogen and oxygen atoms in total. The minimum absolute atomic E-state index is 0.0154. The topological polar surface area (TPSA) is 26.3 Å². The van der Waals surface area contributed by atoms with E-state index in [1.54, 1.807) is 0 Å². The third-order valence-electron chi connectivity index (χ3n) is 2.23. The molecule has 1 aliphatic rings. The summed E-state index contributed by atoms with van der Waals surface area (Å²) in [4.78, 5) is 11.0. The monoisotopic (exact) mass is 302 g/mol. The minimum atomic E-state index is -0.152. The van der Waals surface area contributed by atoms with E-state index in [-0.39, 0.29) is 20.9 Å². The molecule has 70 valence electrons. The Morgan fingerprint density at radius 1 is 1.75 bits per heavy atom. The molecule has 1 heterocycles. The van der Waals surface area contributed by atoms with Crippen molar-refractivity contribution in [3.8, 4) is 0 Å². The van der Waals surface area contributed by atoms with Gasteiger partial charge in [0.1, 0.15) is 9.49 Å². The summed E-state index contributed by atoms with van der Waals surface area (Å²) in [6, 6.07) is 0. The third kappa shape index (κ3) is 2.25. The first-order chi connectivity index (χ1) is 5.43. The van der Waals surface area contributed by atoms with Crippen molar-refractivity contribution in [1.29, 1.82) is 0 Å². The van der Waals surface area contributed by atoms with Crippen LogP contribution in [0.25, 0.3) is 0 Å². The van der Waals surface area contributed by atoms with Crippen molar-refractivity contribution in [3.05, 3.63) is 0 Å². The lowest BCUT2D eigenvalue weighted by atomic mass is 9.81. The highest BCUT2D eigenvalue weighted by Crippen LogP contribution is 2.38. The zero-order valence-corrected chi connectivity index (χ0v) is 10.1. The van der Waals surface area contributed by atoms with Gasteiger partial charge in [-0.1, -0.05) is 36.4 Å². The number of cyclic esters (lactones) is 1. The van der Waals surface area contributed by atoms with E-state index in [1.807, 2.05) is 0 Å². The molecule has 0 radical (unpaired) electrons. The van der Waals surface area contributed by atoms with Crippen LogP contribution in [0.3, 0.4) is 0 Å². The zero-order chi connectivity index (χ0) is 9.35. The summed E-state index contributed by atoms with van der Waals surface area (Å²) in [6.45, 7) is 4.16. The Balaban J connectivity index is 2.72. The molecule has 2 unspecified atom stereocenters. The Hall–Kier alpha value is 0.490. The Kier molecular flexibility index (Phi) is 3.26. The van der Waals surface area contributed by atoms with Crippen LogP contribution < -0.4 is 0 Å². The molecule has 12 heavy (non-hydrogen) atoms. The minimum Gasteiger partial charge on any atom is -0.459 e. The van der Waals surface area contributed by atoms with Gasteiger partial charge in [-0.2, -0.15) is 0 Å². The lowest BCUT2D eigenvalue weighted by molar-refractivity contribution is -0.162. The summed E-state index contributed by atoms with van der Waals surface area (Å²) < 4.78 is 5.05. The van der Waals surface area contributed by atoms with E-state index in [4.69, 9.17) is 16.3 Å². The van der Waals surface area contributed by atoms with Crippen LogP contribution in [0.15, 0.2) is 0 Å². The summed E-state index contributed by atoms with van der Waals surface area (Å²) in [6.07, 6.45) is 1.23. The molecule has 1 fully saturated rings. The number of hydrogen-bond acceptors (Lipinski definition) is 2. The number of hydrogen-bond donors (Lipinski definition) is 0. The van der Waals surface area contributed by atoms with Crippen LogP contribution in [0.4, 0.5) is 0 Å². The van der Waals surface area contributed by atoms with E-state index in [0.29, 0.717) is 6.42 Å². The number of rotatable bonds is 1. The van der Waals surface area contributed by atoms with E-state index in [1.165, 1.54) is 0 Å². The number of halogens is 2. The Morgan fingerprint density at radius 2 is 2.33 bits per heavy atom. The van der Waals surface area contributed by atoms with Crippen molar-refractivity contribution in [2.75, 3.05) is 0 Å². The number of carbonyl (C=O) groups is 1. The van der Waals surface area contributed by atoms with Crippen molar-refractivity contribution in [2.45, 2.75) is 36.2 Å². The van der Waals surface area contributed by atoms with Crippen LogP contribution in [0.1, 0.15) is 26.7 Å². The molecule has 0 aliphatic carbocycles. The average Bonchev–Trinajstić information content (AvgIpc) is 1.94. The molecular weight excluding hydrogens is 290 g/mol. The van der Waals surface area contributed by atoms with Crippen LogP contribution in [0.5, 0.6) is 0 Å². The number of ether oxygens (including phenoxy) is 1. The second-order valence-electron chi connectivity index (χ2n) is 3.73. The van der Waals surface area contributed by atoms with E-state index in [9.17, 15) is 4.79 Å². The molecule has 1 rings (SSSR count). The number of carbonyl (C=O) groups excluding carboxylic acids is 1. The maximum atomic E-state index is 11.0. The lowest BCUT2D eigenvalue weighted by Crippen LogP contribution is -2.42. The fraction of sp³-hybridized carbons (Fsp3) is 0.875.